The van der Waals surface area contributed by atoms with Crippen molar-refractivity contribution < 1.29 is 4.79 Å². The van der Waals surface area contributed by atoms with Crippen molar-refractivity contribution in [2.45, 2.75) is 103 Å². The fourth-order valence-corrected chi connectivity index (χ4v) is 3.67. The minimum atomic E-state index is 0. The molecule has 1 aromatic carbocycles. The molecular formula is C23H41NOSe. The summed E-state index contributed by atoms with van der Waals surface area (Å²) in [6.45, 7) is 0. The van der Waals surface area contributed by atoms with E-state index in [9.17, 15) is 4.79 Å². The summed E-state index contributed by atoms with van der Waals surface area (Å²) in [5, 5.41) is 0. The first-order valence-corrected chi connectivity index (χ1v) is 11.4. The van der Waals surface area contributed by atoms with Crippen molar-refractivity contribution in [1.29, 1.82) is 0 Å². The first-order valence-electron chi connectivity index (χ1n) is 10.5. The monoisotopic (exact) mass is 427 g/mol. The van der Waals surface area contributed by atoms with Gasteiger partial charge in [-0.15, -0.1) is 0 Å². The van der Waals surface area contributed by atoms with Gasteiger partial charge in [-0.1, -0.05) is 49.6 Å². The third-order valence-corrected chi connectivity index (χ3v) is 5.37. The summed E-state index contributed by atoms with van der Waals surface area (Å²) in [5.74, 6) is 0. The number of hydrogen-bond donors (Lipinski definition) is 1. The average Bonchev–Trinajstić information content (AvgIpc) is 2.62. The van der Waals surface area contributed by atoms with Crippen LogP contribution in [0.2, 0.25) is 0 Å². The van der Waals surface area contributed by atoms with Crippen LogP contribution >= 0.6 is 0 Å². The van der Waals surface area contributed by atoms with Gasteiger partial charge in [0.2, 0.25) is 0 Å². The second-order valence-electron chi connectivity index (χ2n) is 7.31. The van der Waals surface area contributed by atoms with E-state index in [4.69, 9.17) is 0 Å². The molecule has 0 aromatic heterocycles. The Balaban J connectivity index is 0.00000625. The van der Waals surface area contributed by atoms with Gasteiger partial charge in [-0.25, -0.2) is 0 Å². The second-order valence-corrected chi connectivity index (χ2v) is 8.26. The van der Waals surface area contributed by atoms with Gasteiger partial charge < -0.3 is 6.15 Å². The number of aryl methyl sites for hydroxylation is 1. The second kappa shape index (κ2) is 19.1. The van der Waals surface area contributed by atoms with Gasteiger partial charge in [0.05, 0.1) is 0 Å². The summed E-state index contributed by atoms with van der Waals surface area (Å²) >= 11 is 2.56. The Hall–Kier alpha value is -0.631. The number of quaternary nitrogens is 1. The third-order valence-electron chi connectivity index (χ3n) is 4.94. The maximum atomic E-state index is 10.8. The van der Waals surface area contributed by atoms with Gasteiger partial charge in [-0.3, -0.25) is 0 Å². The summed E-state index contributed by atoms with van der Waals surface area (Å²) in [6.07, 6.45) is 20.9. The molecule has 150 valence electrons. The minimum Gasteiger partial charge on any atom is -0.369 e. The summed E-state index contributed by atoms with van der Waals surface area (Å²) in [4.78, 5) is 10.8. The van der Waals surface area contributed by atoms with Crippen LogP contribution in [-0.2, 0) is 11.2 Å². The standard InChI is InChI=1S/C23H38OSe.H3N/c24-23(25)21-17-12-10-8-6-4-2-1-3-5-7-9-11-14-18-22-19-15-13-16-20-22;/h13,15-16,19-20H,1-12,14,17-18,21H2,(H,24,25);1H3. The van der Waals surface area contributed by atoms with E-state index >= 15 is 0 Å². The van der Waals surface area contributed by atoms with E-state index in [-0.39, 0.29) is 10.8 Å². The van der Waals surface area contributed by atoms with Gasteiger partial charge in [-0.2, -0.15) is 0 Å². The third kappa shape index (κ3) is 16.8. The van der Waals surface area contributed by atoms with Gasteiger partial charge in [0.15, 0.2) is 0 Å². The van der Waals surface area contributed by atoms with Crippen LogP contribution in [0.4, 0.5) is 0 Å². The van der Waals surface area contributed by atoms with E-state index < -0.39 is 0 Å². The van der Waals surface area contributed by atoms with Gasteiger partial charge in [0.1, 0.15) is 0 Å². The van der Waals surface area contributed by atoms with Crippen molar-refractivity contribution in [3.63, 3.8) is 0 Å². The molecule has 3 heteroatoms. The van der Waals surface area contributed by atoms with Gasteiger partial charge in [-0.05, 0) is 18.4 Å². The van der Waals surface area contributed by atoms with Crippen LogP contribution in [0.5, 0.6) is 0 Å². The van der Waals surface area contributed by atoms with Crippen LogP contribution in [0.15, 0.2) is 30.3 Å². The maximum absolute atomic E-state index is 10.8. The van der Waals surface area contributed by atoms with E-state index in [0.29, 0.717) is 0 Å². The molecule has 0 amide bonds. The Morgan fingerprint density at radius 2 is 1.00 bits per heavy atom. The quantitative estimate of drug-likeness (QED) is 0.209. The van der Waals surface area contributed by atoms with Crippen molar-refractivity contribution in [1.82, 2.24) is 6.15 Å². The van der Waals surface area contributed by atoms with Crippen molar-refractivity contribution in [3.05, 3.63) is 35.9 Å². The van der Waals surface area contributed by atoms with Crippen LogP contribution in [0.1, 0.15) is 102 Å². The SMILES string of the molecule is O=C([Se-])CCCCCCCCCCCCCCCCc1ccccc1.[NH4+]. The molecule has 0 radical (unpaired) electrons. The molecule has 26 heavy (non-hydrogen) atoms. The molecule has 0 fully saturated rings. The minimum absolute atomic E-state index is 0. The Bertz CT molecular complexity index is 421. The van der Waals surface area contributed by atoms with Gasteiger partial charge >= 0.3 is 96.1 Å². The summed E-state index contributed by atoms with van der Waals surface area (Å²) in [6, 6.07) is 10.9. The molecule has 0 aliphatic carbocycles. The van der Waals surface area contributed by atoms with Crippen LogP contribution < -0.4 is 6.15 Å². The molecule has 0 heterocycles. The molecule has 0 saturated heterocycles. The van der Waals surface area contributed by atoms with Crippen molar-refractivity contribution in [2.24, 2.45) is 0 Å². The molecule has 0 aliphatic rings. The molecule has 0 saturated carbocycles. The average molecular weight is 427 g/mol. The van der Waals surface area contributed by atoms with Gasteiger partial charge in [0, 0.05) is 0 Å². The Morgan fingerprint density at radius 3 is 1.42 bits per heavy atom. The fraction of sp³-hybridized carbons (Fsp3) is 0.696. The topological polar surface area (TPSA) is 53.6 Å². The molecule has 4 N–H and O–H groups in total. The zero-order valence-electron chi connectivity index (χ0n) is 17.0. The molecule has 0 bridgehead atoms. The predicted molar refractivity (Wildman–Crippen MR) is 116 cm³/mol. The molecule has 0 aliphatic heterocycles. The zero-order chi connectivity index (χ0) is 18.0. The van der Waals surface area contributed by atoms with Crippen molar-refractivity contribution in [2.75, 3.05) is 0 Å². The Labute approximate surface area is 170 Å². The number of hydrogen-bond acceptors (Lipinski definition) is 1. The molecule has 0 atom stereocenters. The summed E-state index contributed by atoms with van der Waals surface area (Å²) in [7, 11) is 0. The van der Waals surface area contributed by atoms with Crippen LogP contribution in [0.3, 0.4) is 0 Å². The van der Waals surface area contributed by atoms with Crippen molar-refractivity contribution >= 4 is 20.7 Å². The fourth-order valence-electron chi connectivity index (χ4n) is 3.36. The summed E-state index contributed by atoms with van der Waals surface area (Å²) in [5.41, 5.74) is 1.49. The van der Waals surface area contributed by atoms with Crippen LogP contribution in [0, 0.1) is 0 Å². The van der Waals surface area contributed by atoms with Crippen molar-refractivity contribution in [3.8, 4) is 0 Å². The Morgan fingerprint density at radius 1 is 0.615 bits per heavy atom. The Kier molecular flexibility index (Phi) is 18.7. The first kappa shape index (κ1) is 25.4. The van der Waals surface area contributed by atoms with E-state index in [0.717, 1.165) is 12.8 Å². The normalized spacial score (nSPS) is 10.5. The number of carbonyl (C=O) groups is 1. The molecular weight excluding hydrogens is 385 g/mol. The number of rotatable bonds is 17. The molecule has 2 nitrogen and oxygen atoms in total. The molecule has 1 rings (SSSR count). The first-order chi connectivity index (χ1) is 12.3. The number of unbranched alkanes of at least 4 members (excludes halogenated alkanes) is 13. The zero-order valence-corrected chi connectivity index (χ0v) is 18.7. The van der Waals surface area contributed by atoms with Crippen LogP contribution in [-0.4, -0.2) is 20.7 Å². The number of carbonyl (C=O) groups excluding carboxylic acids is 1. The molecule has 1 aromatic rings. The summed E-state index contributed by atoms with van der Waals surface area (Å²) < 4.78 is 0.219. The van der Waals surface area contributed by atoms with Gasteiger partial charge in [0.25, 0.3) is 0 Å². The van der Waals surface area contributed by atoms with Crippen LogP contribution in [0.25, 0.3) is 0 Å². The predicted octanol–water partition coefficient (Wildman–Crippen LogP) is 7.15. The smallest absolute Gasteiger partial charge is 0.369 e. The van der Waals surface area contributed by atoms with E-state index in [1.165, 1.54) is 95.5 Å². The molecule has 0 unspecified atom stereocenters. The van der Waals surface area contributed by atoms with E-state index in [1.54, 1.807) is 0 Å². The molecule has 0 spiro atoms. The van der Waals surface area contributed by atoms with E-state index in [1.807, 2.05) is 0 Å². The van der Waals surface area contributed by atoms with E-state index in [2.05, 4.69) is 46.3 Å². The number of benzene rings is 1.